The van der Waals surface area contributed by atoms with E-state index in [9.17, 15) is 9.59 Å². The van der Waals surface area contributed by atoms with Gasteiger partial charge in [-0.05, 0) is 24.6 Å². The molecule has 25 heavy (non-hydrogen) atoms. The van der Waals surface area contributed by atoms with Crippen LogP contribution in [0.25, 0.3) is 0 Å². The maximum absolute atomic E-state index is 12.3. The number of carbonyl (C=O) groups excluding carboxylic acids is 2. The summed E-state index contributed by atoms with van der Waals surface area (Å²) in [5.74, 6) is -0.611. The van der Waals surface area contributed by atoms with Gasteiger partial charge in [0.15, 0.2) is 0 Å². The van der Waals surface area contributed by atoms with E-state index in [0.29, 0.717) is 23.1 Å². The Kier molecular flexibility index (Phi) is 5.50. The number of amides is 2. The molecule has 0 radical (unpaired) electrons. The highest BCUT2D eigenvalue weighted by Gasteiger charge is 2.34. The van der Waals surface area contributed by atoms with Crippen molar-refractivity contribution in [2.45, 2.75) is 19.9 Å². The lowest BCUT2D eigenvalue weighted by atomic mass is 10.1. The lowest BCUT2D eigenvalue weighted by molar-refractivity contribution is -0.129. The Bertz CT molecular complexity index is 804. The van der Waals surface area contributed by atoms with Crippen LogP contribution in [0.4, 0.5) is 0 Å². The van der Waals surface area contributed by atoms with Gasteiger partial charge < -0.3 is 4.90 Å². The molecule has 0 spiro atoms. The van der Waals surface area contributed by atoms with Gasteiger partial charge in [0, 0.05) is 19.5 Å². The van der Waals surface area contributed by atoms with Crippen LogP contribution < -0.4 is 5.43 Å². The molecule has 1 aliphatic rings. The lowest BCUT2D eigenvalue weighted by Gasteiger charge is -2.16. The number of nitrogens with one attached hydrogen (secondary N) is 1. The van der Waals surface area contributed by atoms with Gasteiger partial charge in [-0.1, -0.05) is 41.9 Å². The molecule has 0 saturated carbocycles. The fourth-order valence-electron chi connectivity index (χ4n) is 2.70. The van der Waals surface area contributed by atoms with Crippen molar-refractivity contribution in [3.8, 4) is 0 Å². The number of nitrogens with zero attached hydrogens (tertiary/aromatic N) is 2. The van der Waals surface area contributed by atoms with Gasteiger partial charge in [-0.2, -0.15) is 5.10 Å². The Labute approximate surface area is 155 Å². The summed E-state index contributed by atoms with van der Waals surface area (Å²) in [6, 6.07) is 13.4. The fourth-order valence-corrected chi connectivity index (χ4v) is 3.69. The molecule has 2 aromatic rings. The summed E-state index contributed by atoms with van der Waals surface area (Å²) in [5.41, 5.74) is 4.32. The Balaban J connectivity index is 1.57. The molecule has 1 aromatic carbocycles. The predicted octanol–water partition coefficient (Wildman–Crippen LogP) is 3.29. The van der Waals surface area contributed by atoms with Crippen LogP contribution in [-0.2, 0) is 16.1 Å². The standard InChI is InChI=1S/C18H18ClN3O2S/c1-12(15-7-8-16(19)25-15)20-21-18(24)14-9-17(23)22(11-14)10-13-5-3-2-4-6-13/h2-8,14H,9-11H2,1H3,(H,21,24)/b20-12+. The van der Waals surface area contributed by atoms with Gasteiger partial charge in [-0.25, -0.2) is 5.43 Å². The molecule has 2 amide bonds. The molecule has 130 valence electrons. The largest absolute Gasteiger partial charge is 0.338 e. The predicted molar refractivity (Wildman–Crippen MR) is 99.6 cm³/mol. The zero-order chi connectivity index (χ0) is 17.8. The van der Waals surface area contributed by atoms with Crippen LogP contribution in [0.1, 0.15) is 23.8 Å². The summed E-state index contributed by atoms with van der Waals surface area (Å²) in [6.07, 6.45) is 0.220. The number of hydrogen-bond acceptors (Lipinski definition) is 4. The lowest BCUT2D eigenvalue weighted by Crippen LogP contribution is -2.30. The molecular formula is C18H18ClN3O2S. The van der Waals surface area contributed by atoms with Crippen molar-refractivity contribution in [2.24, 2.45) is 11.0 Å². The van der Waals surface area contributed by atoms with E-state index in [0.717, 1.165) is 10.4 Å². The second-order valence-electron chi connectivity index (χ2n) is 5.94. The van der Waals surface area contributed by atoms with Crippen LogP contribution in [0.5, 0.6) is 0 Å². The topological polar surface area (TPSA) is 61.8 Å². The molecule has 5 nitrogen and oxygen atoms in total. The van der Waals surface area contributed by atoms with Crippen molar-refractivity contribution in [1.82, 2.24) is 10.3 Å². The third kappa shape index (κ3) is 4.46. The van der Waals surface area contributed by atoms with E-state index in [1.165, 1.54) is 11.3 Å². The van der Waals surface area contributed by atoms with Crippen LogP contribution >= 0.6 is 22.9 Å². The van der Waals surface area contributed by atoms with E-state index in [-0.39, 0.29) is 24.2 Å². The van der Waals surface area contributed by atoms with E-state index in [1.807, 2.05) is 43.3 Å². The van der Waals surface area contributed by atoms with Gasteiger partial charge >= 0.3 is 0 Å². The molecule has 2 heterocycles. The maximum Gasteiger partial charge on any atom is 0.245 e. The van der Waals surface area contributed by atoms with E-state index in [1.54, 1.807) is 11.0 Å². The first-order valence-corrected chi connectivity index (χ1v) is 9.14. The summed E-state index contributed by atoms with van der Waals surface area (Å²) in [4.78, 5) is 27.1. The average molecular weight is 376 g/mol. The first-order valence-electron chi connectivity index (χ1n) is 7.94. The fraction of sp³-hybridized carbons (Fsp3) is 0.278. The summed E-state index contributed by atoms with van der Waals surface area (Å²) >= 11 is 7.31. The highest BCUT2D eigenvalue weighted by Crippen LogP contribution is 2.22. The number of hydrazone groups is 1. The molecular weight excluding hydrogens is 358 g/mol. The van der Waals surface area contributed by atoms with Crippen LogP contribution in [0.2, 0.25) is 4.34 Å². The number of hydrogen-bond donors (Lipinski definition) is 1. The van der Waals surface area contributed by atoms with Gasteiger partial charge in [-0.3, -0.25) is 9.59 Å². The molecule has 1 aromatic heterocycles. The Morgan fingerprint density at radius 3 is 2.76 bits per heavy atom. The Hall–Kier alpha value is -2.18. The summed E-state index contributed by atoms with van der Waals surface area (Å²) in [5, 5.41) is 4.13. The van der Waals surface area contributed by atoms with Crippen LogP contribution in [-0.4, -0.2) is 29.0 Å². The molecule has 0 bridgehead atoms. The molecule has 1 atom stereocenters. The molecule has 1 unspecified atom stereocenters. The number of benzene rings is 1. The quantitative estimate of drug-likeness (QED) is 0.643. The molecule has 1 N–H and O–H groups in total. The third-order valence-corrected chi connectivity index (χ3v) is 5.41. The number of carbonyl (C=O) groups is 2. The highest BCUT2D eigenvalue weighted by atomic mass is 35.5. The molecule has 1 fully saturated rings. The zero-order valence-electron chi connectivity index (χ0n) is 13.7. The number of halogens is 1. The minimum Gasteiger partial charge on any atom is -0.338 e. The molecule has 1 aliphatic heterocycles. The van der Waals surface area contributed by atoms with Crippen molar-refractivity contribution in [1.29, 1.82) is 0 Å². The van der Waals surface area contributed by atoms with E-state index in [2.05, 4.69) is 10.5 Å². The summed E-state index contributed by atoms with van der Waals surface area (Å²) in [7, 11) is 0. The third-order valence-electron chi connectivity index (χ3n) is 4.07. The SMILES string of the molecule is C/C(=N\NC(=O)C1CC(=O)N(Cc2ccccc2)C1)c1ccc(Cl)s1. The van der Waals surface area contributed by atoms with Gasteiger partial charge in [0.05, 0.1) is 20.8 Å². The number of thiophene rings is 1. The molecule has 7 heteroatoms. The summed E-state index contributed by atoms with van der Waals surface area (Å²) < 4.78 is 0.675. The van der Waals surface area contributed by atoms with Gasteiger partial charge in [-0.15, -0.1) is 11.3 Å². The second-order valence-corrected chi connectivity index (χ2v) is 7.65. The first kappa shape index (κ1) is 17.6. The van der Waals surface area contributed by atoms with E-state index >= 15 is 0 Å². The smallest absolute Gasteiger partial charge is 0.245 e. The maximum atomic E-state index is 12.3. The van der Waals surface area contributed by atoms with Crippen molar-refractivity contribution in [3.05, 3.63) is 57.2 Å². The zero-order valence-corrected chi connectivity index (χ0v) is 15.3. The average Bonchev–Trinajstić information content (AvgIpc) is 3.20. The normalized spacial score (nSPS) is 17.8. The Morgan fingerprint density at radius 1 is 1.32 bits per heavy atom. The number of likely N-dealkylation sites (tertiary alicyclic amines) is 1. The van der Waals surface area contributed by atoms with Crippen molar-refractivity contribution >= 4 is 40.5 Å². The van der Waals surface area contributed by atoms with Gasteiger partial charge in [0.25, 0.3) is 0 Å². The van der Waals surface area contributed by atoms with Gasteiger partial charge in [0.1, 0.15) is 0 Å². The van der Waals surface area contributed by atoms with Crippen LogP contribution in [0.15, 0.2) is 47.6 Å². The highest BCUT2D eigenvalue weighted by molar-refractivity contribution is 7.18. The monoisotopic (exact) mass is 375 g/mol. The molecule has 3 rings (SSSR count). The second kappa shape index (κ2) is 7.80. The van der Waals surface area contributed by atoms with Crippen LogP contribution in [0.3, 0.4) is 0 Å². The minimum absolute atomic E-state index is 0.00487. The van der Waals surface area contributed by atoms with E-state index in [4.69, 9.17) is 11.6 Å². The Morgan fingerprint density at radius 2 is 2.08 bits per heavy atom. The van der Waals surface area contributed by atoms with Crippen molar-refractivity contribution in [2.75, 3.05) is 6.54 Å². The van der Waals surface area contributed by atoms with E-state index < -0.39 is 0 Å². The summed E-state index contributed by atoms with van der Waals surface area (Å²) in [6.45, 7) is 2.75. The van der Waals surface area contributed by atoms with Crippen molar-refractivity contribution in [3.63, 3.8) is 0 Å². The van der Waals surface area contributed by atoms with Gasteiger partial charge in [0.2, 0.25) is 11.8 Å². The first-order chi connectivity index (χ1) is 12.0. The number of rotatable bonds is 5. The molecule has 1 saturated heterocycles. The van der Waals surface area contributed by atoms with Crippen molar-refractivity contribution < 1.29 is 9.59 Å². The molecule has 0 aliphatic carbocycles. The minimum atomic E-state index is -0.375. The van der Waals surface area contributed by atoms with Crippen LogP contribution in [0, 0.1) is 5.92 Å².